The number of carbonyl (C=O) groups is 1. The summed E-state index contributed by atoms with van der Waals surface area (Å²) in [5.41, 5.74) is 10.6. The Labute approximate surface area is 206 Å². The summed E-state index contributed by atoms with van der Waals surface area (Å²) < 4.78 is 14.9. The molecule has 176 valence electrons. The van der Waals surface area contributed by atoms with Crippen molar-refractivity contribution >= 4 is 44.6 Å². The van der Waals surface area contributed by atoms with Crippen molar-refractivity contribution in [3.8, 4) is 23.0 Å². The number of carbonyl (C=O) groups excluding carboxylic acids is 1. The van der Waals surface area contributed by atoms with Crippen LogP contribution in [0.3, 0.4) is 0 Å². The number of aromatic nitrogens is 1. The minimum absolute atomic E-state index is 0.134. The lowest BCUT2D eigenvalue weighted by atomic mass is 10.0. The van der Waals surface area contributed by atoms with Gasteiger partial charge in [-0.05, 0) is 67.1 Å². The number of thiophene rings is 1. The highest BCUT2D eigenvalue weighted by Crippen LogP contribution is 2.38. The fraction of sp³-hybridized carbons (Fsp3) is 0.185. The number of aryl methyl sites for hydroxylation is 1. The van der Waals surface area contributed by atoms with Crippen LogP contribution in [0.1, 0.15) is 24.0 Å². The Kier molecular flexibility index (Phi) is 6.36. The molecule has 1 aliphatic rings. The van der Waals surface area contributed by atoms with Crippen molar-refractivity contribution in [2.24, 2.45) is 0 Å². The van der Waals surface area contributed by atoms with Gasteiger partial charge >= 0.3 is 6.03 Å². The van der Waals surface area contributed by atoms with Gasteiger partial charge < -0.3 is 21.7 Å². The molecule has 35 heavy (non-hydrogen) atoms. The first-order valence-electron chi connectivity index (χ1n) is 11.3. The summed E-state index contributed by atoms with van der Waals surface area (Å²) in [7, 11) is 0. The molecule has 3 heterocycles. The standard InChI is InChI=1S/C27H24FN5OS/c1-16-4-11-22(28)23(13-16)33-27(34)32-20-9-5-17(6-10-20)21-15-35-25-18(14-31-26(29)24(21)25)7-8-19-3-2-12-30-19/h4-6,9-11,13-15,19,30H,2-3,12H2,1H3,(H2,29,31)(H2,32,33,34)/t19-/m0/s1. The molecule has 2 aromatic heterocycles. The zero-order chi connectivity index (χ0) is 24.4. The van der Waals surface area contributed by atoms with Crippen LogP contribution >= 0.6 is 11.3 Å². The van der Waals surface area contributed by atoms with Gasteiger partial charge in [0.15, 0.2) is 0 Å². The Balaban J connectivity index is 1.35. The second kappa shape index (κ2) is 9.74. The van der Waals surface area contributed by atoms with Gasteiger partial charge in [-0.3, -0.25) is 0 Å². The second-order valence-electron chi connectivity index (χ2n) is 8.47. The molecule has 0 spiro atoms. The zero-order valence-corrected chi connectivity index (χ0v) is 19.9. The largest absolute Gasteiger partial charge is 0.383 e. The van der Waals surface area contributed by atoms with Crippen LogP contribution in [-0.4, -0.2) is 23.6 Å². The molecule has 0 bridgehead atoms. The lowest BCUT2D eigenvalue weighted by Gasteiger charge is -2.10. The van der Waals surface area contributed by atoms with Crippen LogP contribution in [0.2, 0.25) is 0 Å². The van der Waals surface area contributed by atoms with Crippen molar-refractivity contribution in [1.29, 1.82) is 0 Å². The molecule has 0 saturated carbocycles. The first kappa shape index (κ1) is 22.8. The maximum atomic E-state index is 13.9. The molecule has 5 N–H and O–H groups in total. The first-order valence-corrected chi connectivity index (χ1v) is 12.2. The number of fused-ring (bicyclic) bond motifs is 1. The third kappa shape index (κ3) is 4.97. The SMILES string of the molecule is Cc1ccc(F)c(NC(=O)Nc2ccc(-c3csc4c(C#C[C@@H]5CCCN5)cnc(N)c34)cc2)c1. The molecule has 6 nitrogen and oxygen atoms in total. The van der Waals surface area contributed by atoms with E-state index in [4.69, 9.17) is 5.73 Å². The molecule has 0 radical (unpaired) electrons. The molecular weight excluding hydrogens is 461 g/mol. The first-order chi connectivity index (χ1) is 17.0. The van der Waals surface area contributed by atoms with Crippen molar-refractivity contribution in [2.75, 3.05) is 22.9 Å². The molecule has 0 unspecified atom stereocenters. The smallest absolute Gasteiger partial charge is 0.323 e. The zero-order valence-electron chi connectivity index (χ0n) is 19.1. The summed E-state index contributed by atoms with van der Waals surface area (Å²) in [5, 5.41) is 11.6. The van der Waals surface area contributed by atoms with Crippen molar-refractivity contribution < 1.29 is 9.18 Å². The second-order valence-corrected chi connectivity index (χ2v) is 9.35. The van der Waals surface area contributed by atoms with Gasteiger partial charge in [0.25, 0.3) is 0 Å². The average Bonchev–Trinajstić information content (AvgIpc) is 3.52. The van der Waals surface area contributed by atoms with E-state index in [0.717, 1.165) is 51.7 Å². The fourth-order valence-electron chi connectivity index (χ4n) is 4.09. The van der Waals surface area contributed by atoms with E-state index in [9.17, 15) is 9.18 Å². The minimum Gasteiger partial charge on any atom is -0.383 e. The predicted molar refractivity (Wildman–Crippen MR) is 141 cm³/mol. The highest BCUT2D eigenvalue weighted by atomic mass is 32.1. The highest BCUT2D eigenvalue weighted by molar-refractivity contribution is 7.18. The van der Waals surface area contributed by atoms with E-state index in [1.807, 2.05) is 19.1 Å². The maximum Gasteiger partial charge on any atom is 0.323 e. The van der Waals surface area contributed by atoms with Crippen LogP contribution < -0.4 is 21.7 Å². The number of nitrogens with one attached hydrogen (secondary N) is 3. The topological polar surface area (TPSA) is 92.1 Å². The van der Waals surface area contributed by atoms with Crippen LogP contribution in [0.25, 0.3) is 21.2 Å². The number of benzene rings is 2. The van der Waals surface area contributed by atoms with Crippen molar-refractivity contribution in [2.45, 2.75) is 25.8 Å². The number of anilines is 3. The lowest BCUT2D eigenvalue weighted by molar-refractivity contribution is 0.262. The normalized spacial score (nSPS) is 15.0. The van der Waals surface area contributed by atoms with Gasteiger partial charge in [-0.25, -0.2) is 14.2 Å². The summed E-state index contributed by atoms with van der Waals surface area (Å²) in [6, 6.07) is 11.7. The number of urea groups is 1. The number of nitrogen functional groups attached to an aromatic ring is 1. The Morgan fingerprint density at radius 3 is 2.83 bits per heavy atom. The summed E-state index contributed by atoms with van der Waals surface area (Å²) >= 11 is 1.59. The molecule has 4 aromatic rings. The lowest BCUT2D eigenvalue weighted by Crippen LogP contribution is -2.20. The molecule has 0 aliphatic carbocycles. The Hall–Kier alpha value is -3.93. The number of nitrogens with two attached hydrogens (primary N) is 1. The number of rotatable bonds is 3. The summed E-state index contributed by atoms with van der Waals surface area (Å²) in [6.45, 7) is 2.84. The molecule has 1 fully saturated rings. The van der Waals surface area contributed by atoms with E-state index in [0.29, 0.717) is 11.5 Å². The molecule has 5 rings (SSSR count). The molecule has 1 saturated heterocycles. The van der Waals surface area contributed by atoms with Gasteiger partial charge in [-0.1, -0.05) is 30.0 Å². The van der Waals surface area contributed by atoms with Gasteiger partial charge in [-0.15, -0.1) is 11.3 Å². The molecule has 2 aromatic carbocycles. The fourth-order valence-corrected chi connectivity index (χ4v) is 5.15. The maximum absolute atomic E-state index is 13.9. The molecule has 1 atom stereocenters. The van der Waals surface area contributed by atoms with Gasteiger partial charge in [0, 0.05) is 22.8 Å². The van der Waals surface area contributed by atoms with Crippen LogP contribution in [0.5, 0.6) is 0 Å². The van der Waals surface area contributed by atoms with Crippen LogP contribution in [-0.2, 0) is 0 Å². The van der Waals surface area contributed by atoms with Crippen molar-refractivity contribution in [3.05, 3.63) is 71.0 Å². The van der Waals surface area contributed by atoms with Gasteiger partial charge in [0.05, 0.1) is 22.0 Å². The molecule has 1 aliphatic heterocycles. The van der Waals surface area contributed by atoms with E-state index >= 15 is 0 Å². The van der Waals surface area contributed by atoms with E-state index in [2.05, 4.69) is 38.2 Å². The average molecular weight is 486 g/mol. The van der Waals surface area contributed by atoms with E-state index in [1.165, 1.54) is 6.07 Å². The minimum atomic E-state index is -0.517. The van der Waals surface area contributed by atoms with E-state index in [1.54, 1.807) is 41.8 Å². The van der Waals surface area contributed by atoms with Gasteiger partial charge in [0.1, 0.15) is 11.6 Å². The summed E-state index contributed by atoms with van der Waals surface area (Å²) in [6.07, 6.45) is 3.95. The third-order valence-electron chi connectivity index (χ3n) is 5.89. The third-order valence-corrected chi connectivity index (χ3v) is 6.90. The van der Waals surface area contributed by atoms with Gasteiger partial charge in [0.2, 0.25) is 0 Å². The number of pyridine rings is 1. The molecule has 2 amide bonds. The Morgan fingerprint density at radius 2 is 2.06 bits per heavy atom. The number of hydrogen-bond acceptors (Lipinski definition) is 5. The van der Waals surface area contributed by atoms with Crippen molar-refractivity contribution in [3.63, 3.8) is 0 Å². The van der Waals surface area contributed by atoms with Crippen LogP contribution in [0.4, 0.5) is 26.4 Å². The monoisotopic (exact) mass is 485 g/mol. The predicted octanol–water partition coefficient (Wildman–Crippen LogP) is 5.74. The number of amides is 2. The van der Waals surface area contributed by atoms with Gasteiger partial charge in [-0.2, -0.15) is 0 Å². The van der Waals surface area contributed by atoms with Crippen molar-refractivity contribution in [1.82, 2.24) is 10.3 Å². The highest BCUT2D eigenvalue weighted by Gasteiger charge is 2.15. The number of nitrogens with zero attached hydrogens (tertiary/aromatic N) is 1. The summed E-state index contributed by atoms with van der Waals surface area (Å²) in [5.74, 6) is 6.56. The van der Waals surface area contributed by atoms with Crippen LogP contribution in [0, 0.1) is 24.6 Å². The Bertz CT molecular complexity index is 1460. The summed E-state index contributed by atoms with van der Waals surface area (Å²) in [4.78, 5) is 16.7. The Morgan fingerprint density at radius 1 is 1.23 bits per heavy atom. The molecular formula is C27H24FN5OS. The molecule has 8 heteroatoms. The number of halogens is 1. The van der Waals surface area contributed by atoms with E-state index in [-0.39, 0.29) is 11.7 Å². The number of hydrogen-bond donors (Lipinski definition) is 4. The van der Waals surface area contributed by atoms with Crippen LogP contribution in [0.15, 0.2) is 54.0 Å². The quantitative estimate of drug-likeness (QED) is 0.279. The van der Waals surface area contributed by atoms with E-state index < -0.39 is 11.8 Å².